The molecule has 2 aromatic rings. The first-order chi connectivity index (χ1) is 8.50. The summed E-state index contributed by atoms with van der Waals surface area (Å²) < 4.78 is 13.5. The van der Waals surface area contributed by atoms with Crippen LogP contribution in [0.1, 0.15) is 0 Å². The molecule has 0 radical (unpaired) electrons. The fourth-order valence-electron chi connectivity index (χ4n) is 1.45. The molecule has 0 spiro atoms. The van der Waals surface area contributed by atoms with Gasteiger partial charge in [0.2, 0.25) is 5.15 Å². The van der Waals surface area contributed by atoms with E-state index in [0.717, 1.165) is 0 Å². The van der Waals surface area contributed by atoms with Gasteiger partial charge in [-0.1, -0.05) is 35.3 Å². The lowest BCUT2D eigenvalue weighted by atomic mass is 10.1. The van der Waals surface area contributed by atoms with Gasteiger partial charge in [-0.05, 0) is 18.2 Å². The SMILES string of the molecule is O=[N+]([O-])c1c(Cl)cc(-c2ccccc2F)nc1Cl. The fourth-order valence-corrected chi connectivity index (χ4v) is 2.02. The highest BCUT2D eigenvalue weighted by Crippen LogP contribution is 2.34. The molecule has 1 heterocycles. The first-order valence-electron chi connectivity index (χ1n) is 4.76. The summed E-state index contributed by atoms with van der Waals surface area (Å²) in [6.45, 7) is 0. The molecule has 0 unspecified atom stereocenters. The molecular formula is C11H5Cl2FN2O2. The van der Waals surface area contributed by atoms with E-state index >= 15 is 0 Å². The molecule has 4 nitrogen and oxygen atoms in total. The van der Waals surface area contributed by atoms with Crippen LogP contribution in [0, 0.1) is 15.9 Å². The van der Waals surface area contributed by atoms with Crippen LogP contribution in [0.2, 0.25) is 10.2 Å². The standard InChI is InChI=1S/C11H5Cl2FN2O2/c12-7-5-9(6-3-1-2-4-8(6)14)15-11(13)10(7)16(17)18/h1-5H. The topological polar surface area (TPSA) is 56.0 Å². The molecule has 18 heavy (non-hydrogen) atoms. The van der Waals surface area contributed by atoms with E-state index in [1.165, 1.54) is 24.3 Å². The molecule has 0 saturated carbocycles. The second-order valence-electron chi connectivity index (χ2n) is 3.37. The summed E-state index contributed by atoms with van der Waals surface area (Å²) in [5.41, 5.74) is -0.164. The third-order valence-electron chi connectivity index (χ3n) is 2.24. The number of rotatable bonds is 2. The largest absolute Gasteiger partial charge is 0.324 e. The van der Waals surface area contributed by atoms with E-state index in [9.17, 15) is 14.5 Å². The molecule has 1 aromatic heterocycles. The van der Waals surface area contributed by atoms with E-state index in [4.69, 9.17) is 23.2 Å². The van der Waals surface area contributed by atoms with Gasteiger partial charge in [-0.2, -0.15) is 0 Å². The molecule has 0 N–H and O–H groups in total. The summed E-state index contributed by atoms with van der Waals surface area (Å²) >= 11 is 11.4. The van der Waals surface area contributed by atoms with Crippen molar-refractivity contribution in [2.24, 2.45) is 0 Å². The maximum Gasteiger partial charge on any atom is 0.324 e. The molecule has 0 fully saturated rings. The zero-order valence-corrected chi connectivity index (χ0v) is 10.2. The summed E-state index contributed by atoms with van der Waals surface area (Å²) in [6, 6.07) is 7.08. The first kappa shape index (κ1) is 12.7. The van der Waals surface area contributed by atoms with Gasteiger partial charge in [-0.25, -0.2) is 9.37 Å². The van der Waals surface area contributed by atoms with Gasteiger partial charge in [0.05, 0.1) is 10.6 Å². The smallest absolute Gasteiger partial charge is 0.258 e. The van der Waals surface area contributed by atoms with E-state index in [-0.39, 0.29) is 21.4 Å². The highest BCUT2D eigenvalue weighted by atomic mass is 35.5. The van der Waals surface area contributed by atoms with E-state index in [0.29, 0.717) is 0 Å². The average molecular weight is 287 g/mol. The quantitative estimate of drug-likeness (QED) is 0.474. The van der Waals surface area contributed by atoms with Crippen molar-refractivity contribution in [1.29, 1.82) is 0 Å². The van der Waals surface area contributed by atoms with E-state index in [2.05, 4.69) is 4.98 Å². The van der Waals surface area contributed by atoms with Crippen molar-refractivity contribution in [2.45, 2.75) is 0 Å². The van der Waals surface area contributed by atoms with E-state index in [1.807, 2.05) is 0 Å². The van der Waals surface area contributed by atoms with Crippen LogP contribution in [0.3, 0.4) is 0 Å². The van der Waals surface area contributed by atoms with Crippen LogP contribution in [-0.2, 0) is 0 Å². The number of pyridine rings is 1. The normalized spacial score (nSPS) is 10.4. The molecule has 0 aliphatic rings. The predicted molar refractivity (Wildman–Crippen MR) is 66.3 cm³/mol. The Labute approximate surface area is 111 Å². The fraction of sp³-hybridized carbons (Fsp3) is 0. The zero-order chi connectivity index (χ0) is 13.3. The van der Waals surface area contributed by atoms with Gasteiger partial charge in [0, 0.05) is 5.56 Å². The van der Waals surface area contributed by atoms with Crippen molar-refractivity contribution in [3.63, 3.8) is 0 Å². The van der Waals surface area contributed by atoms with Crippen LogP contribution in [0.4, 0.5) is 10.1 Å². The summed E-state index contributed by atoms with van der Waals surface area (Å²) in [4.78, 5) is 13.7. The van der Waals surface area contributed by atoms with Crippen molar-refractivity contribution in [1.82, 2.24) is 4.98 Å². The van der Waals surface area contributed by atoms with Crippen LogP contribution in [-0.4, -0.2) is 9.91 Å². The summed E-state index contributed by atoms with van der Waals surface area (Å²) in [5.74, 6) is -0.508. The molecule has 2 rings (SSSR count). The molecule has 0 amide bonds. The molecule has 0 saturated heterocycles. The minimum atomic E-state index is -0.733. The molecule has 0 atom stereocenters. The Morgan fingerprint density at radius 2 is 1.94 bits per heavy atom. The minimum Gasteiger partial charge on any atom is -0.258 e. The lowest BCUT2D eigenvalue weighted by Gasteiger charge is -2.04. The molecule has 1 aromatic carbocycles. The first-order valence-corrected chi connectivity index (χ1v) is 5.51. The summed E-state index contributed by atoms with van der Waals surface area (Å²) in [6.07, 6.45) is 0. The lowest BCUT2D eigenvalue weighted by molar-refractivity contribution is -0.384. The molecule has 92 valence electrons. The van der Waals surface area contributed by atoms with Crippen molar-refractivity contribution in [3.05, 3.63) is 56.4 Å². The van der Waals surface area contributed by atoms with Gasteiger partial charge < -0.3 is 0 Å². The maximum atomic E-state index is 13.5. The van der Waals surface area contributed by atoms with Gasteiger partial charge in [0.25, 0.3) is 0 Å². The highest BCUT2D eigenvalue weighted by Gasteiger charge is 2.21. The second-order valence-corrected chi connectivity index (χ2v) is 4.13. The van der Waals surface area contributed by atoms with Gasteiger partial charge in [0.15, 0.2) is 0 Å². The van der Waals surface area contributed by atoms with Crippen LogP contribution < -0.4 is 0 Å². The molecule has 7 heteroatoms. The second kappa shape index (κ2) is 4.88. The average Bonchev–Trinajstić information content (AvgIpc) is 2.27. The number of nitrogens with zero attached hydrogens (tertiary/aromatic N) is 2. The zero-order valence-electron chi connectivity index (χ0n) is 8.73. The number of hydrogen-bond acceptors (Lipinski definition) is 3. The predicted octanol–water partition coefficient (Wildman–Crippen LogP) is 4.10. The van der Waals surface area contributed by atoms with Gasteiger partial charge in [0.1, 0.15) is 10.8 Å². The summed E-state index contributed by atoms with van der Waals surface area (Å²) in [5, 5.41) is 10.1. The van der Waals surface area contributed by atoms with Gasteiger partial charge in [-0.15, -0.1) is 0 Å². The van der Waals surface area contributed by atoms with Crippen LogP contribution >= 0.6 is 23.2 Å². The molecule has 0 aliphatic carbocycles. The van der Waals surface area contributed by atoms with Gasteiger partial charge in [-0.3, -0.25) is 10.1 Å². The summed E-state index contributed by atoms with van der Waals surface area (Å²) in [7, 11) is 0. The Morgan fingerprint density at radius 3 is 2.50 bits per heavy atom. The lowest BCUT2D eigenvalue weighted by Crippen LogP contribution is -1.95. The number of nitro groups is 1. The Bertz CT molecular complexity index is 611. The van der Waals surface area contributed by atoms with Crippen molar-refractivity contribution < 1.29 is 9.31 Å². The number of halogens is 3. The monoisotopic (exact) mass is 286 g/mol. The third kappa shape index (κ3) is 2.27. The maximum absolute atomic E-state index is 13.5. The number of aromatic nitrogens is 1. The Balaban J connectivity index is 2.62. The Hall–Kier alpha value is -1.72. The van der Waals surface area contributed by atoms with Crippen LogP contribution in [0.5, 0.6) is 0 Å². The van der Waals surface area contributed by atoms with E-state index < -0.39 is 16.4 Å². The van der Waals surface area contributed by atoms with Gasteiger partial charge >= 0.3 is 5.69 Å². The van der Waals surface area contributed by atoms with E-state index in [1.54, 1.807) is 6.07 Å². The van der Waals surface area contributed by atoms with Crippen molar-refractivity contribution >= 4 is 28.9 Å². The Morgan fingerprint density at radius 1 is 1.28 bits per heavy atom. The van der Waals surface area contributed by atoms with Crippen molar-refractivity contribution in [2.75, 3.05) is 0 Å². The number of benzene rings is 1. The molecular weight excluding hydrogens is 282 g/mol. The molecule has 0 aliphatic heterocycles. The highest BCUT2D eigenvalue weighted by molar-refractivity contribution is 6.37. The minimum absolute atomic E-state index is 0.147. The van der Waals surface area contributed by atoms with Crippen molar-refractivity contribution in [3.8, 4) is 11.3 Å². The van der Waals surface area contributed by atoms with Crippen LogP contribution in [0.25, 0.3) is 11.3 Å². The Kier molecular flexibility index (Phi) is 3.45. The van der Waals surface area contributed by atoms with Crippen LogP contribution in [0.15, 0.2) is 30.3 Å². The number of hydrogen-bond donors (Lipinski definition) is 0. The molecule has 0 bridgehead atoms. The third-order valence-corrected chi connectivity index (χ3v) is 2.79.